The maximum Gasteiger partial charge on any atom is 0.365 e. The summed E-state index contributed by atoms with van der Waals surface area (Å²) in [6.45, 7) is 0. The van der Waals surface area contributed by atoms with E-state index < -0.39 is 11.7 Å². The molecule has 0 unspecified atom stereocenters. The molecular weight excluding hydrogens is 305 g/mol. The standard InChI is InChI=1S/C7H5Cl4O3P/c8-5-2-1-4(3-6(5)9)7(10,11)15(12,13)14/h1-3H,(H2,12,13,14). The lowest BCUT2D eigenvalue weighted by atomic mass is 10.2. The van der Waals surface area contributed by atoms with E-state index in [2.05, 4.69) is 0 Å². The molecule has 0 radical (unpaired) electrons. The van der Waals surface area contributed by atoms with Gasteiger partial charge in [-0.2, -0.15) is 0 Å². The van der Waals surface area contributed by atoms with Gasteiger partial charge in [-0.05, 0) is 12.1 Å². The van der Waals surface area contributed by atoms with Crippen LogP contribution in [-0.2, 0) is 8.64 Å². The highest BCUT2D eigenvalue weighted by Gasteiger charge is 2.45. The molecule has 3 nitrogen and oxygen atoms in total. The van der Waals surface area contributed by atoms with Crippen molar-refractivity contribution in [2.45, 2.75) is 4.07 Å². The van der Waals surface area contributed by atoms with Gasteiger partial charge in [0.15, 0.2) is 0 Å². The molecule has 84 valence electrons. The second kappa shape index (κ2) is 4.42. The SMILES string of the molecule is O=P(O)(O)C(Cl)(Cl)c1ccc(Cl)c(Cl)c1. The van der Waals surface area contributed by atoms with Crippen LogP contribution in [0.3, 0.4) is 0 Å². The first-order valence-corrected chi connectivity index (χ1v) is 6.67. The predicted octanol–water partition coefficient (Wildman–Crippen LogP) is 3.76. The fraction of sp³-hybridized carbons (Fsp3) is 0.143. The van der Waals surface area contributed by atoms with Crippen molar-refractivity contribution >= 4 is 54.0 Å². The van der Waals surface area contributed by atoms with Gasteiger partial charge < -0.3 is 9.79 Å². The fourth-order valence-corrected chi connectivity index (χ4v) is 1.86. The van der Waals surface area contributed by atoms with Crippen molar-refractivity contribution in [3.05, 3.63) is 33.8 Å². The van der Waals surface area contributed by atoms with Crippen LogP contribution < -0.4 is 0 Å². The van der Waals surface area contributed by atoms with E-state index >= 15 is 0 Å². The summed E-state index contributed by atoms with van der Waals surface area (Å²) in [4.78, 5) is 17.9. The summed E-state index contributed by atoms with van der Waals surface area (Å²) >= 11 is 22.4. The van der Waals surface area contributed by atoms with E-state index in [4.69, 9.17) is 56.2 Å². The lowest BCUT2D eigenvalue weighted by molar-refractivity contribution is 0.365. The van der Waals surface area contributed by atoms with Crippen LogP contribution >= 0.6 is 54.0 Å². The van der Waals surface area contributed by atoms with Crippen molar-refractivity contribution in [3.8, 4) is 0 Å². The van der Waals surface area contributed by atoms with E-state index in [0.717, 1.165) is 0 Å². The van der Waals surface area contributed by atoms with Crippen molar-refractivity contribution in [2.75, 3.05) is 0 Å². The fourth-order valence-electron chi connectivity index (χ4n) is 0.851. The van der Waals surface area contributed by atoms with Gasteiger partial charge in [-0.1, -0.05) is 52.5 Å². The van der Waals surface area contributed by atoms with Gasteiger partial charge >= 0.3 is 7.60 Å². The molecule has 1 aromatic rings. The molecule has 0 saturated carbocycles. The first kappa shape index (κ1) is 13.6. The van der Waals surface area contributed by atoms with Crippen LogP contribution in [-0.4, -0.2) is 9.79 Å². The molecule has 0 bridgehead atoms. The minimum Gasteiger partial charge on any atom is -0.322 e. The van der Waals surface area contributed by atoms with Gasteiger partial charge in [0.05, 0.1) is 10.0 Å². The highest BCUT2D eigenvalue weighted by atomic mass is 35.5. The van der Waals surface area contributed by atoms with Crippen LogP contribution in [0, 0.1) is 0 Å². The van der Waals surface area contributed by atoms with Crippen LogP contribution in [0.2, 0.25) is 10.0 Å². The van der Waals surface area contributed by atoms with E-state index in [0.29, 0.717) is 0 Å². The Kier molecular flexibility index (Phi) is 4.01. The summed E-state index contributed by atoms with van der Waals surface area (Å²) in [6, 6.07) is 3.87. The Morgan fingerprint density at radius 3 is 2.07 bits per heavy atom. The molecule has 0 aliphatic heterocycles. The molecule has 0 aliphatic carbocycles. The highest BCUT2D eigenvalue weighted by molar-refractivity contribution is 7.57. The average Bonchev–Trinajstić information content (AvgIpc) is 2.07. The smallest absolute Gasteiger partial charge is 0.322 e. The lowest BCUT2D eigenvalue weighted by Gasteiger charge is -2.21. The minimum absolute atomic E-state index is 0.00596. The van der Waals surface area contributed by atoms with Crippen LogP contribution in [0.4, 0.5) is 0 Å². The second-order valence-corrected chi connectivity index (χ2v) is 7.14. The predicted molar refractivity (Wildman–Crippen MR) is 61.9 cm³/mol. The molecule has 0 fully saturated rings. The van der Waals surface area contributed by atoms with E-state index in [-0.39, 0.29) is 15.6 Å². The van der Waals surface area contributed by atoms with Crippen molar-refractivity contribution in [1.29, 1.82) is 0 Å². The molecule has 0 aromatic heterocycles. The average molecular weight is 310 g/mol. The highest BCUT2D eigenvalue weighted by Crippen LogP contribution is 2.62. The van der Waals surface area contributed by atoms with Crippen LogP contribution in [0.15, 0.2) is 18.2 Å². The Balaban J connectivity index is 3.28. The molecule has 2 N–H and O–H groups in total. The topological polar surface area (TPSA) is 57.5 Å². The third kappa shape index (κ3) is 2.80. The number of halogens is 4. The van der Waals surface area contributed by atoms with Gasteiger partial charge in [-0.15, -0.1) is 0 Å². The second-order valence-electron chi connectivity index (χ2n) is 2.71. The van der Waals surface area contributed by atoms with E-state index in [9.17, 15) is 4.57 Å². The summed E-state index contributed by atoms with van der Waals surface area (Å²) < 4.78 is 8.69. The zero-order chi connectivity index (χ0) is 11.9. The molecule has 0 aliphatic rings. The monoisotopic (exact) mass is 308 g/mol. The van der Waals surface area contributed by atoms with E-state index in [1.807, 2.05) is 0 Å². The van der Waals surface area contributed by atoms with Crippen molar-refractivity contribution in [3.63, 3.8) is 0 Å². The molecule has 1 aromatic carbocycles. The summed E-state index contributed by atoms with van der Waals surface area (Å²) in [5.41, 5.74) is -0.00596. The lowest BCUT2D eigenvalue weighted by Crippen LogP contribution is -2.10. The van der Waals surface area contributed by atoms with Gasteiger partial charge in [-0.3, -0.25) is 4.57 Å². The number of hydrogen-bond donors (Lipinski definition) is 2. The van der Waals surface area contributed by atoms with Gasteiger partial charge in [0, 0.05) is 5.56 Å². The first-order valence-electron chi connectivity index (χ1n) is 3.55. The largest absolute Gasteiger partial charge is 0.365 e. The minimum atomic E-state index is -4.70. The molecule has 0 spiro atoms. The van der Waals surface area contributed by atoms with Crippen LogP contribution in [0.1, 0.15) is 5.56 Å². The van der Waals surface area contributed by atoms with Crippen LogP contribution in [0.5, 0.6) is 0 Å². The Morgan fingerprint density at radius 1 is 1.13 bits per heavy atom. The first-order chi connectivity index (χ1) is 6.66. The maximum atomic E-state index is 11.0. The Labute approximate surface area is 106 Å². The quantitative estimate of drug-likeness (QED) is 0.646. The summed E-state index contributed by atoms with van der Waals surface area (Å²) in [7, 11) is -4.70. The maximum absolute atomic E-state index is 11.0. The molecular formula is C7H5Cl4O3P. The van der Waals surface area contributed by atoms with Gasteiger partial charge in [0.2, 0.25) is 4.07 Å². The molecule has 8 heteroatoms. The number of benzene rings is 1. The molecule has 0 amide bonds. The zero-order valence-electron chi connectivity index (χ0n) is 6.99. The zero-order valence-corrected chi connectivity index (χ0v) is 10.9. The van der Waals surface area contributed by atoms with Crippen molar-refractivity contribution in [1.82, 2.24) is 0 Å². The molecule has 0 saturated heterocycles. The normalized spacial score (nSPS) is 12.9. The van der Waals surface area contributed by atoms with Crippen molar-refractivity contribution in [2.24, 2.45) is 0 Å². The van der Waals surface area contributed by atoms with Crippen LogP contribution in [0.25, 0.3) is 0 Å². The Hall–Kier alpha value is 0.530. The van der Waals surface area contributed by atoms with Gasteiger partial charge in [0.1, 0.15) is 0 Å². The number of rotatable bonds is 2. The van der Waals surface area contributed by atoms with Gasteiger partial charge in [0.25, 0.3) is 0 Å². The summed E-state index contributed by atoms with van der Waals surface area (Å²) in [5.74, 6) is 0. The van der Waals surface area contributed by atoms with E-state index in [1.54, 1.807) is 0 Å². The molecule has 0 atom stereocenters. The Morgan fingerprint density at radius 2 is 1.67 bits per heavy atom. The number of hydrogen-bond acceptors (Lipinski definition) is 1. The van der Waals surface area contributed by atoms with E-state index in [1.165, 1.54) is 18.2 Å². The van der Waals surface area contributed by atoms with Gasteiger partial charge in [-0.25, -0.2) is 0 Å². The molecule has 0 heterocycles. The third-order valence-corrected chi connectivity index (χ3v) is 5.12. The van der Waals surface area contributed by atoms with Crippen molar-refractivity contribution < 1.29 is 14.4 Å². The summed E-state index contributed by atoms with van der Waals surface area (Å²) in [6.07, 6.45) is 0. The number of alkyl halides is 2. The Bertz CT molecular complexity index is 428. The third-order valence-electron chi connectivity index (χ3n) is 1.63. The summed E-state index contributed by atoms with van der Waals surface area (Å²) in [5, 5.41) is 0.364. The molecule has 15 heavy (non-hydrogen) atoms. The molecule has 1 rings (SSSR count).